The molecule has 0 bridgehead atoms. The molecule has 3 heteroatoms. The predicted octanol–water partition coefficient (Wildman–Crippen LogP) is 4.18. The lowest BCUT2D eigenvalue weighted by molar-refractivity contribution is 0.204. The van der Waals surface area contributed by atoms with Gasteiger partial charge >= 0.3 is 0 Å². The van der Waals surface area contributed by atoms with Gasteiger partial charge in [0.25, 0.3) is 0 Å². The van der Waals surface area contributed by atoms with Gasteiger partial charge in [-0.3, -0.25) is 0 Å². The molecule has 0 aliphatic rings. The van der Waals surface area contributed by atoms with Crippen LogP contribution in [0.4, 0.5) is 0 Å². The maximum atomic E-state index is 10.2. The molecule has 0 saturated carbocycles. The molecule has 2 N–H and O–H groups in total. The minimum Gasteiger partial charge on any atom is -0.388 e. The number of nitrogens with one attached hydrogen (secondary N) is 1. The topological polar surface area (TPSA) is 32.3 Å². The lowest BCUT2D eigenvalue weighted by atomic mass is 10.1. The van der Waals surface area contributed by atoms with Gasteiger partial charge in [0.05, 0.1) is 6.10 Å². The molecule has 2 atom stereocenters. The van der Waals surface area contributed by atoms with Crippen molar-refractivity contribution in [3.05, 3.63) is 65.7 Å². The number of aliphatic hydroxyl groups excluding tert-OH is 1. The molecule has 2 rings (SSSR count). The van der Waals surface area contributed by atoms with Crippen LogP contribution in [0, 0.1) is 0 Å². The Balaban J connectivity index is 1.89. The van der Waals surface area contributed by atoms with Crippen molar-refractivity contribution in [1.29, 1.82) is 0 Å². The van der Waals surface area contributed by atoms with Crippen molar-refractivity contribution in [2.45, 2.75) is 30.9 Å². The van der Waals surface area contributed by atoms with Gasteiger partial charge in [-0.2, -0.15) is 0 Å². The Hall–Kier alpha value is -1.29. The largest absolute Gasteiger partial charge is 0.388 e. The van der Waals surface area contributed by atoms with E-state index in [-0.39, 0.29) is 0 Å². The van der Waals surface area contributed by atoms with Crippen molar-refractivity contribution in [1.82, 2.24) is 5.32 Å². The van der Waals surface area contributed by atoms with Crippen LogP contribution in [0.2, 0.25) is 0 Å². The second kappa shape index (κ2) is 8.23. The van der Waals surface area contributed by atoms with Crippen molar-refractivity contribution in [3.8, 4) is 0 Å². The van der Waals surface area contributed by atoms with E-state index in [1.165, 1.54) is 10.5 Å². The van der Waals surface area contributed by atoms with Gasteiger partial charge in [0.2, 0.25) is 0 Å². The molecular formula is C18H23NOS. The molecule has 112 valence electrons. The van der Waals surface area contributed by atoms with Crippen molar-refractivity contribution < 1.29 is 5.11 Å². The molecule has 0 heterocycles. The normalized spacial score (nSPS) is 13.9. The molecule has 0 aliphatic carbocycles. The fraction of sp³-hybridized carbons (Fsp3) is 0.333. The van der Waals surface area contributed by atoms with Crippen LogP contribution in [0.15, 0.2) is 59.5 Å². The van der Waals surface area contributed by atoms with Crippen molar-refractivity contribution >= 4 is 11.8 Å². The fourth-order valence-corrected chi connectivity index (χ4v) is 3.09. The van der Waals surface area contributed by atoms with E-state index in [9.17, 15) is 5.11 Å². The van der Waals surface area contributed by atoms with Crippen molar-refractivity contribution in [2.75, 3.05) is 12.3 Å². The van der Waals surface area contributed by atoms with Crippen LogP contribution in [0.25, 0.3) is 0 Å². The maximum Gasteiger partial charge on any atom is 0.0883 e. The van der Waals surface area contributed by atoms with Crippen LogP contribution in [0.5, 0.6) is 0 Å². The highest BCUT2D eigenvalue weighted by molar-refractivity contribution is 7.99. The Labute approximate surface area is 131 Å². The van der Waals surface area contributed by atoms with Crippen LogP contribution >= 0.6 is 11.8 Å². The summed E-state index contributed by atoms with van der Waals surface area (Å²) in [7, 11) is 0. The summed E-state index contributed by atoms with van der Waals surface area (Å²) < 4.78 is 0. The van der Waals surface area contributed by atoms with Crippen LogP contribution in [0.1, 0.15) is 37.1 Å². The van der Waals surface area contributed by atoms with Gasteiger partial charge in [-0.05, 0) is 36.7 Å². The summed E-state index contributed by atoms with van der Waals surface area (Å²) >= 11 is 1.69. The summed E-state index contributed by atoms with van der Waals surface area (Å²) in [6.45, 7) is 5.26. The number of aliphatic hydroxyl groups is 1. The van der Waals surface area contributed by atoms with Gasteiger partial charge in [-0.1, -0.05) is 49.4 Å². The Morgan fingerprint density at radius 3 is 2.29 bits per heavy atom. The smallest absolute Gasteiger partial charge is 0.0883 e. The van der Waals surface area contributed by atoms with Crippen LogP contribution in [0.3, 0.4) is 0 Å². The van der Waals surface area contributed by atoms with Crippen LogP contribution in [-0.2, 0) is 0 Å². The van der Waals surface area contributed by atoms with E-state index >= 15 is 0 Å². The molecule has 0 spiro atoms. The van der Waals surface area contributed by atoms with E-state index in [1.54, 1.807) is 11.8 Å². The first-order valence-electron chi connectivity index (χ1n) is 7.40. The number of hydrogen-bond donors (Lipinski definition) is 2. The molecule has 2 aromatic carbocycles. The Morgan fingerprint density at radius 2 is 1.67 bits per heavy atom. The second-order valence-electron chi connectivity index (χ2n) is 5.09. The quantitative estimate of drug-likeness (QED) is 0.752. The molecular weight excluding hydrogens is 278 g/mol. The van der Waals surface area contributed by atoms with E-state index in [0.717, 1.165) is 12.1 Å². The summed E-state index contributed by atoms with van der Waals surface area (Å²) in [4.78, 5) is 1.19. The van der Waals surface area contributed by atoms with Crippen molar-refractivity contribution in [2.24, 2.45) is 0 Å². The molecule has 0 fully saturated rings. The van der Waals surface area contributed by atoms with Gasteiger partial charge in [-0.25, -0.2) is 0 Å². The zero-order chi connectivity index (χ0) is 15.1. The van der Waals surface area contributed by atoms with E-state index in [1.807, 2.05) is 30.3 Å². The third-order valence-electron chi connectivity index (χ3n) is 3.48. The second-order valence-corrected chi connectivity index (χ2v) is 6.18. The predicted molar refractivity (Wildman–Crippen MR) is 90.7 cm³/mol. The average molecular weight is 301 g/mol. The highest BCUT2D eigenvalue weighted by atomic mass is 32.2. The third-order valence-corrected chi connectivity index (χ3v) is 4.57. The summed E-state index contributed by atoms with van der Waals surface area (Å²) in [5.41, 5.74) is 2.27. The lowest BCUT2D eigenvalue weighted by Gasteiger charge is -2.14. The van der Waals surface area contributed by atoms with Gasteiger partial charge in [0, 0.05) is 16.7 Å². The number of hydrogen-bond acceptors (Lipinski definition) is 3. The molecule has 0 saturated heterocycles. The first-order chi connectivity index (χ1) is 10.2. The van der Waals surface area contributed by atoms with Gasteiger partial charge < -0.3 is 10.4 Å². The summed E-state index contributed by atoms with van der Waals surface area (Å²) in [6, 6.07) is 18.8. The first-order valence-corrected chi connectivity index (χ1v) is 8.38. The van der Waals surface area contributed by atoms with Crippen LogP contribution in [-0.4, -0.2) is 17.4 Å². The lowest BCUT2D eigenvalue weighted by Crippen LogP contribution is -2.17. The van der Waals surface area contributed by atoms with Gasteiger partial charge in [-0.15, -0.1) is 11.8 Å². The minimum atomic E-state index is -0.420. The number of thioether (sulfide) groups is 1. The molecule has 2 nitrogen and oxygen atoms in total. The maximum absolute atomic E-state index is 10.2. The Kier molecular flexibility index (Phi) is 6.30. The summed E-state index contributed by atoms with van der Waals surface area (Å²) in [6.07, 6.45) is -0.420. The van der Waals surface area contributed by atoms with E-state index < -0.39 is 6.10 Å². The highest BCUT2D eigenvalue weighted by Gasteiger charge is 2.08. The van der Waals surface area contributed by atoms with Gasteiger partial charge in [0.15, 0.2) is 0 Å². The third kappa shape index (κ3) is 4.88. The minimum absolute atomic E-state index is 0.379. The molecule has 2 aromatic rings. The highest BCUT2D eigenvalue weighted by Crippen LogP contribution is 2.25. The van der Waals surface area contributed by atoms with Crippen molar-refractivity contribution in [3.63, 3.8) is 0 Å². The van der Waals surface area contributed by atoms with E-state index in [4.69, 9.17) is 0 Å². The summed E-state index contributed by atoms with van der Waals surface area (Å²) in [5.74, 6) is 0.673. The fourth-order valence-electron chi connectivity index (χ4n) is 2.22. The zero-order valence-corrected chi connectivity index (χ0v) is 13.4. The SMILES string of the molecule is CCNC(C)c1ccc(SCC(O)c2ccccc2)cc1. The summed E-state index contributed by atoms with van der Waals surface area (Å²) in [5, 5.41) is 13.6. The number of rotatable bonds is 7. The Morgan fingerprint density at radius 1 is 1.00 bits per heavy atom. The number of benzene rings is 2. The molecule has 2 unspecified atom stereocenters. The molecule has 21 heavy (non-hydrogen) atoms. The average Bonchev–Trinajstić information content (AvgIpc) is 2.54. The Bertz CT molecular complexity index is 527. The van der Waals surface area contributed by atoms with Gasteiger partial charge in [0.1, 0.15) is 0 Å². The molecule has 0 radical (unpaired) electrons. The molecule has 0 aliphatic heterocycles. The zero-order valence-electron chi connectivity index (χ0n) is 12.6. The monoisotopic (exact) mass is 301 g/mol. The molecule has 0 amide bonds. The van der Waals surface area contributed by atoms with E-state index in [0.29, 0.717) is 11.8 Å². The van der Waals surface area contributed by atoms with E-state index in [2.05, 4.69) is 43.4 Å². The first kappa shape index (κ1) is 16.1. The van der Waals surface area contributed by atoms with Crippen LogP contribution < -0.4 is 5.32 Å². The molecule has 0 aromatic heterocycles. The standard InChI is InChI=1S/C18H23NOS/c1-3-19-14(2)15-9-11-17(12-10-15)21-13-18(20)16-7-5-4-6-8-16/h4-12,14,18-20H,3,13H2,1-2H3.